The van der Waals surface area contributed by atoms with E-state index in [0.717, 1.165) is 29.9 Å². The molecule has 12 heteroatoms. The molecule has 0 aliphatic carbocycles. The molecule has 4 atom stereocenters. The second-order valence-corrected chi connectivity index (χ2v) is 10.2. The Hall–Kier alpha value is -3.32. The monoisotopic (exact) mass is 495 g/mol. The molecule has 0 unspecified atom stereocenters. The fourth-order valence-electron chi connectivity index (χ4n) is 4.41. The number of aliphatic hydroxyl groups is 2. The summed E-state index contributed by atoms with van der Waals surface area (Å²) >= 11 is 0. The molecule has 4 aromatic rings. The lowest BCUT2D eigenvalue weighted by Crippen LogP contribution is -2.38. The molecular weight excluding hydrogens is 462 g/mol. The molecule has 1 aliphatic rings. The van der Waals surface area contributed by atoms with Crippen LogP contribution in [0, 0.1) is 0 Å². The van der Waals surface area contributed by atoms with Crippen molar-refractivity contribution in [3.63, 3.8) is 0 Å². The van der Waals surface area contributed by atoms with Crippen molar-refractivity contribution in [3.8, 4) is 0 Å². The van der Waals surface area contributed by atoms with E-state index in [1.807, 2.05) is 6.07 Å². The van der Waals surface area contributed by atoms with Gasteiger partial charge in [-0.05, 0) is 36.1 Å². The number of fused-ring (bicyclic) bond motifs is 2. The van der Waals surface area contributed by atoms with Crippen LogP contribution >= 0.6 is 0 Å². The molecule has 1 aliphatic heterocycles. The van der Waals surface area contributed by atoms with Gasteiger partial charge < -0.3 is 36.3 Å². The van der Waals surface area contributed by atoms with Gasteiger partial charge in [-0.2, -0.15) is 0 Å². The van der Waals surface area contributed by atoms with Crippen LogP contribution in [-0.4, -0.2) is 77.6 Å². The molecular formula is C24H33N9O3. The van der Waals surface area contributed by atoms with Crippen LogP contribution in [0.5, 0.6) is 0 Å². The Labute approximate surface area is 208 Å². The third kappa shape index (κ3) is 4.72. The van der Waals surface area contributed by atoms with Gasteiger partial charge in [0.25, 0.3) is 0 Å². The first kappa shape index (κ1) is 24.4. The number of hydrogen-bond donors (Lipinski definition) is 6. The van der Waals surface area contributed by atoms with Crippen LogP contribution in [0.1, 0.15) is 39.0 Å². The predicted octanol–water partition coefficient (Wildman–Crippen LogP) is 1.29. The van der Waals surface area contributed by atoms with Crippen LogP contribution < -0.4 is 16.4 Å². The molecule has 1 fully saturated rings. The number of nitrogens with one attached hydrogen (secondary N) is 3. The number of H-pyrrole nitrogens is 1. The number of hydrogen-bond acceptors (Lipinski definition) is 10. The number of aromatic amines is 1. The Kier molecular flexibility index (Phi) is 6.51. The number of nitrogen functional groups attached to an aromatic ring is 1. The van der Waals surface area contributed by atoms with Crippen LogP contribution in [0.25, 0.3) is 22.2 Å². The number of nitrogens with zero attached hydrogens (tertiary/aromatic N) is 5. The Morgan fingerprint density at radius 1 is 1.14 bits per heavy atom. The molecule has 7 N–H and O–H groups in total. The number of anilines is 2. The molecule has 0 saturated carbocycles. The van der Waals surface area contributed by atoms with Crippen molar-refractivity contribution >= 4 is 34.0 Å². The van der Waals surface area contributed by atoms with Crippen molar-refractivity contribution < 1.29 is 14.9 Å². The minimum atomic E-state index is -1.13. The number of imidazole rings is 2. The maximum Gasteiger partial charge on any atom is 0.201 e. The topological polar surface area (TPSA) is 172 Å². The molecule has 0 bridgehead atoms. The number of aliphatic hydroxyl groups excluding tert-OH is 2. The van der Waals surface area contributed by atoms with E-state index in [1.54, 1.807) is 4.57 Å². The van der Waals surface area contributed by atoms with Crippen LogP contribution in [0.3, 0.4) is 0 Å². The van der Waals surface area contributed by atoms with Gasteiger partial charge in [-0.15, -0.1) is 0 Å². The summed E-state index contributed by atoms with van der Waals surface area (Å²) in [4.78, 5) is 20.3. The van der Waals surface area contributed by atoms with Gasteiger partial charge in [-0.3, -0.25) is 4.57 Å². The largest absolute Gasteiger partial charge is 0.387 e. The van der Waals surface area contributed by atoms with E-state index in [2.05, 4.69) is 68.5 Å². The molecule has 0 radical (unpaired) electrons. The third-order valence-corrected chi connectivity index (χ3v) is 6.51. The minimum absolute atomic E-state index is 0.0835. The summed E-state index contributed by atoms with van der Waals surface area (Å²) < 4.78 is 7.52. The van der Waals surface area contributed by atoms with Crippen molar-refractivity contribution in [1.29, 1.82) is 0 Å². The Bertz CT molecular complexity index is 1350. The second-order valence-electron chi connectivity index (χ2n) is 10.2. The van der Waals surface area contributed by atoms with E-state index in [-0.39, 0.29) is 11.2 Å². The molecule has 5 rings (SSSR count). The zero-order valence-corrected chi connectivity index (χ0v) is 20.6. The highest BCUT2D eigenvalue weighted by atomic mass is 16.6. The molecule has 12 nitrogen and oxygen atoms in total. The summed E-state index contributed by atoms with van der Waals surface area (Å²) in [7, 11) is 0. The minimum Gasteiger partial charge on any atom is -0.387 e. The van der Waals surface area contributed by atoms with E-state index in [1.165, 1.54) is 18.2 Å². The molecule has 1 saturated heterocycles. The summed E-state index contributed by atoms with van der Waals surface area (Å²) in [5.74, 6) is 0.990. The summed E-state index contributed by atoms with van der Waals surface area (Å²) in [6.45, 7) is 8.39. The van der Waals surface area contributed by atoms with Gasteiger partial charge in [-0.1, -0.05) is 26.8 Å². The second kappa shape index (κ2) is 9.62. The SMILES string of the molecule is CC(C)(C)c1ccc2nc(NCCCNC[C@H]3O[C@@H](n4cnc5c(N)ncnc54)[C@H](O)[C@@H]3O)[nH]c2c1. The van der Waals surface area contributed by atoms with Gasteiger partial charge in [0.15, 0.2) is 17.7 Å². The Balaban J connectivity index is 1.09. The summed E-state index contributed by atoms with van der Waals surface area (Å²) in [6, 6.07) is 6.32. The van der Waals surface area contributed by atoms with Crippen molar-refractivity contribution in [1.82, 2.24) is 34.8 Å². The molecule has 192 valence electrons. The van der Waals surface area contributed by atoms with Gasteiger partial charge in [0, 0.05) is 13.1 Å². The maximum atomic E-state index is 10.6. The van der Waals surface area contributed by atoms with Crippen molar-refractivity contribution in [2.24, 2.45) is 0 Å². The number of aromatic nitrogens is 6. The smallest absolute Gasteiger partial charge is 0.201 e. The highest BCUT2D eigenvalue weighted by Crippen LogP contribution is 2.31. The Morgan fingerprint density at radius 2 is 1.97 bits per heavy atom. The summed E-state index contributed by atoms with van der Waals surface area (Å²) in [5.41, 5.74) is 10.0. The summed E-state index contributed by atoms with van der Waals surface area (Å²) in [5, 5.41) is 27.7. The Morgan fingerprint density at radius 3 is 2.78 bits per heavy atom. The van der Waals surface area contributed by atoms with Crippen LogP contribution in [0.2, 0.25) is 0 Å². The van der Waals surface area contributed by atoms with E-state index in [4.69, 9.17) is 10.5 Å². The number of benzene rings is 1. The van der Waals surface area contributed by atoms with E-state index < -0.39 is 24.5 Å². The van der Waals surface area contributed by atoms with Gasteiger partial charge >= 0.3 is 0 Å². The average Bonchev–Trinajstić information content (AvgIpc) is 3.52. The van der Waals surface area contributed by atoms with Crippen molar-refractivity contribution in [3.05, 3.63) is 36.4 Å². The van der Waals surface area contributed by atoms with Crippen LogP contribution in [-0.2, 0) is 10.2 Å². The van der Waals surface area contributed by atoms with Crippen LogP contribution in [0.4, 0.5) is 11.8 Å². The lowest BCUT2D eigenvalue weighted by Gasteiger charge is -2.18. The molecule has 0 amide bonds. The quantitative estimate of drug-likeness (QED) is 0.196. The van der Waals surface area contributed by atoms with Crippen molar-refractivity contribution in [2.45, 2.75) is 57.1 Å². The summed E-state index contributed by atoms with van der Waals surface area (Å²) in [6.07, 6.45) is 0.0718. The van der Waals surface area contributed by atoms with Gasteiger partial charge in [-0.25, -0.2) is 19.9 Å². The number of rotatable bonds is 8. The average molecular weight is 496 g/mol. The predicted molar refractivity (Wildman–Crippen MR) is 136 cm³/mol. The fraction of sp³-hybridized carbons (Fsp3) is 0.500. The molecule has 0 spiro atoms. The zero-order chi connectivity index (χ0) is 25.4. The highest BCUT2D eigenvalue weighted by molar-refractivity contribution is 5.81. The maximum absolute atomic E-state index is 10.6. The lowest BCUT2D eigenvalue weighted by molar-refractivity contribution is -0.0341. The van der Waals surface area contributed by atoms with E-state index >= 15 is 0 Å². The highest BCUT2D eigenvalue weighted by Gasteiger charge is 2.44. The van der Waals surface area contributed by atoms with Gasteiger partial charge in [0.2, 0.25) is 5.95 Å². The molecule has 3 aromatic heterocycles. The third-order valence-electron chi connectivity index (χ3n) is 6.51. The van der Waals surface area contributed by atoms with Gasteiger partial charge in [0.05, 0.1) is 17.4 Å². The molecule has 4 heterocycles. The van der Waals surface area contributed by atoms with E-state index in [0.29, 0.717) is 24.3 Å². The zero-order valence-electron chi connectivity index (χ0n) is 20.6. The fourth-order valence-corrected chi connectivity index (χ4v) is 4.41. The lowest BCUT2D eigenvalue weighted by atomic mass is 9.87. The number of nitrogens with two attached hydrogens (primary N) is 1. The molecule has 36 heavy (non-hydrogen) atoms. The first-order chi connectivity index (χ1) is 17.2. The molecule has 1 aromatic carbocycles. The first-order valence-electron chi connectivity index (χ1n) is 12.1. The standard InChI is InChI=1S/C24H33N9O3/c1-24(2,3)13-5-6-14-15(9-13)32-23(31-14)27-8-4-7-26-10-16-18(34)19(35)22(36-16)33-12-30-17-20(25)28-11-29-21(17)33/h5-6,9,11-12,16,18-19,22,26,34-35H,4,7-8,10H2,1-3H3,(H2,25,28,29)(H2,27,31,32)/t16-,18-,19-,22-/m1/s1. The first-order valence-corrected chi connectivity index (χ1v) is 12.1. The van der Waals surface area contributed by atoms with E-state index in [9.17, 15) is 10.2 Å². The van der Waals surface area contributed by atoms with Crippen molar-refractivity contribution in [2.75, 3.05) is 30.7 Å². The number of ether oxygens (including phenoxy) is 1. The van der Waals surface area contributed by atoms with Crippen LogP contribution in [0.15, 0.2) is 30.9 Å². The van der Waals surface area contributed by atoms with Gasteiger partial charge in [0.1, 0.15) is 30.2 Å². The normalized spacial score (nSPS) is 22.6.